The van der Waals surface area contributed by atoms with Gasteiger partial charge in [0, 0.05) is 11.5 Å². The van der Waals surface area contributed by atoms with Crippen molar-refractivity contribution < 1.29 is 4.84 Å². The third-order valence-electron chi connectivity index (χ3n) is 5.10. The molecule has 0 atom stereocenters. The van der Waals surface area contributed by atoms with Crippen molar-refractivity contribution in [3.05, 3.63) is 11.8 Å². The van der Waals surface area contributed by atoms with E-state index in [0.717, 1.165) is 38.0 Å². The molecule has 1 aliphatic heterocycles. The quantitative estimate of drug-likeness (QED) is 0.424. The van der Waals surface area contributed by atoms with Crippen LogP contribution in [0.3, 0.4) is 0 Å². The second-order valence-electron chi connectivity index (χ2n) is 10.0. The molecule has 1 fully saturated rings. The Labute approximate surface area is 157 Å². The molecule has 0 aromatic heterocycles. The maximum atomic E-state index is 6.63. The van der Waals surface area contributed by atoms with Gasteiger partial charge in [-0.2, -0.15) is 0 Å². The Morgan fingerprint density at radius 3 is 2.08 bits per heavy atom. The van der Waals surface area contributed by atoms with Gasteiger partial charge in [0.05, 0.1) is 11.1 Å². The van der Waals surface area contributed by atoms with Crippen molar-refractivity contribution in [2.24, 2.45) is 5.41 Å². The van der Waals surface area contributed by atoms with E-state index in [0.29, 0.717) is 6.04 Å². The molecule has 0 aromatic carbocycles. The van der Waals surface area contributed by atoms with Crippen molar-refractivity contribution in [3.63, 3.8) is 0 Å². The second kappa shape index (κ2) is 8.90. The molecule has 0 bridgehead atoms. The van der Waals surface area contributed by atoms with E-state index >= 15 is 0 Å². The molecule has 0 aliphatic carbocycles. The number of nitrogens with one attached hydrogen (secondary N) is 1. The van der Waals surface area contributed by atoms with Crippen molar-refractivity contribution in [1.29, 1.82) is 0 Å². The molecule has 1 heterocycles. The standard InChI is InChI=1S/C22H44N2O/c1-10-12-14-19(20(3,4)5)25-24-21(6,7)16-18(17-22(24,8)9)23-15-13-11-2/h14,18,23H,10-13,15-17H2,1-9H3. The van der Waals surface area contributed by atoms with E-state index in [1.54, 1.807) is 0 Å². The van der Waals surface area contributed by atoms with Crippen molar-refractivity contribution in [2.75, 3.05) is 6.54 Å². The van der Waals surface area contributed by atoms with Gasteiger partial charge in [-0.05, 0) is 66.0 Å². The zero-order valence-corrected chi connectivity index (χ0v) is 18.5. The van der Waals surface area contributed by atoms with E-state index in [1.807, 2.05) is 0 Å². The van der Waals surface area contributed by atoms with Crippen molar-refractivity contribution in [3.8, 4) is 0 Å². The first-order valence-electron chi connectivity index (χ1n) is 10.4. The van der Waals surface area contributed by atoms with E-state index in [9.17, 15) is 0 Å². The van der Waals surface area contributed by atoms with Crippen molar-refractivity contribution in [1.82, 2.24) is 10.4 Å². The average molecular weight is 353 g/mol. The Hall–Kier alpha value is -0.540. The summed E-state index contributed by atoms with van der Waals surface area (Å²) in [4.78, 5) is 6.63. The molecular weight excluding hydrogens is 308 g/mol. The summed E-state index contributed by atoms with van der Waals surface area (Å²) < 4.78 is 0. The number of rotatable bonds is 8. The summed E-state index contributed by atoms with van der Waals surface area (Å²) in [6.45, 7) is 21.6. The minimum Gasteiger partial charge on any atom is -0.409 e. The third kappa shape index (κ3) is 6.60. The number of allylic oxidation sites excluding steroid dienone is 2. The predicted molar refractivity (Wildman–Crippen MR) is 109 cm³/mol. The molecule has 1 rings (SSSR count). The fraction of sp³-hybridized carbons (Fsp3) is 0.909. The SMILES string of the molecule is CCCC=C(ON1C(C)(C)CC(NCCCC)CC1(C)C)C(C)(C)C. The van der Waals surface area contributed by atoms with Gasteiger partial charge in [-0.3, -0.25) is 0 Å². The Morgan fingerprint density at radius 2 is 1.64 bits per heavy atom. The van der Waals surface area contributed by atoms with Gasteiger partial charge in [-0.25, -0.2) is 0 Å². The van der Waals surface area contributed by atoms with E-state index < -0.39 is 0 Å². The van der Waals surface area contributed by atoms with Crippen molar-refractivity contribution in [2.45, 2.75) is 118 Å². The maximum absolute atomic E-state index is 6.63. The van der Waals surface area contributed by atoms with Crippen LogP contribution in [0.25, 0.3) is 0 Å². The van der Waals surface area contributed by atoms with Gasteiger partial charge in [0.2, 0.25) is 0 Å². The molecule has 0 unspecified atom stereocenters. The van der Waals surface area contributed by atoms with Gasteiger partial charge in [0.15, 0.2) is 0 Å². The first-order valence-corrected chi connectivity index (χ1v) is 10.4. The van der Waals surface area contributed by atoms with Gasteiger partial charge in [-0.15, -0.1) is 5.06 Å². The summed E-state index contributed by atoms with van der Waals surface area (Å²) in [7, 11) is 0. The van der Waals surface area contributed by atoms with E-state index in [-0.39, 0.29) is 16.5 Å². The second-order valence-corrected chi connectivity index (χ2v) is 10.0. The first kappa shape index (κ1) is 22.5. The van der Waals surface area contributed by atoms with Crippen LogP contribution in [0.4, 0.5) is 0 Å². The van der Waals surface area contributed by atoms with E-state index in [2.05, 4.69) is 78.8 Å². The number of hydroxylamine groups is 2. The molecule has 1 saturated heterocycles. The lowest BCUT2D eigenvalue weighted by atomic mass is 9.79. The van der Waals surface area contributed by atoms with Crippen LogP contribution in [0, 0.1) is 5.41 Å². The van der Waals surface area contributed by atoms with Gasteiger partial charge < -0.3 is 10.2 Å². The molecule has 3 heteroatoms. The van der Waals surface area contributed by atoms with Crippen LogP contribution < -0.4 is 5.32 Å². The van der Waals surface area contributed by atoms with Crippen LogP contribution >= 0.6 is 0 Å². The molecule has 1 N–H and O–H groups in total. The van der Waals surface area contributed by atoms with Crippen LogP contribution in [0.5, 0.6) is 0 Å². The van der Waals surface area contributed by atoms with Crippen LogP contribution in [0.15, 0.2) is 11.8 Å². The Bertz CT molecular complexity index is 414. The van der Waals surface area contributed by atoms with Gasteiger partial charge in [0.25, 0.3) is 0 Å². The normalized spacial score (nSPS) is 22.2. The summed E-state index contributed by atoms with van der Waals surface area (Å²) in [5.41, 5.74) is 0.0297. The molecule has 0 amide bonds. The average Bonchev–Trinajstić information content (AvgIpc) is 2.43. The summed E-state index contributed by atoms with van der Waals surface area (Å²) in [5, 5.41) is 6.06. The fourth-order valence-corrected chi connectivity index (χ4v) is 3.99. The number of hydrogen-bond acceptors (Lipinski definition) is 3. The zero-order chi connectivity index (χ0) is 19.3. The highest BCUT2D eigenvalue weighted by molar-refractivity contribution is 5.06. The molecule has 3 nitrogen and oxygen atoms in total. The Balaban J connectivity index is 2.94. The largest absolute Gasteiger partial charge is 0.409 e. The van der Waals surface area contributed by atoms with Crippen LogP contribution in [0.2, 0.25) is 0 Å². The van der Waals surface area contributed by atoms with E-state index in [4.69, 9.17) is 4.84 Å². The fourth-order valence-electron chi connectivity index (χ4n) is 3.99. The number of hydrogen-bond donors (Lipinski definition) is 1. The summed E-state index contributed by atoms with van der Waals surface area (Å²) in [5.74, 6) is 1.10. The summed E-state index contributed by atoms with van der Waals surface area (Å²) in [6, 6.07) is 0.564. The third-order valence-corrected chi connectivity index (χ3v) is 5.10. The summed E-state index contributed by atoms with van der Waals surface area (Å²) in [6.07, 6.45) is 9.25. The lowest BCUT2D eigenvalue weighted by molar-refractivity contribution is -0.267. The molecule has 1 aliphatic rings. The van der Waals surface area contributed by atoms with Crippen LogP contribution in [-0.2, 0) is 4.84 Å². The zero-order valence-electron chi connectivity index (χ0n) is 18.5. The van der Waals surface area contributed by atoms with Crippen LogP contribution in [0.1, 0.15) is 101 Å². The first-order chi connectivity index (χ1) is 11.4. The number of piperidine rings is 1. The molecule has 148 valence electrons. The molecule has 0 aromatic rings. The molecule has 25 heavy (non-hydrogen) atoms. The summed E-state index contributed by atoms with van der Waals surface area (Å²) >= 11 is 0. The topological polar surface area (TPSA) is 24.5 Å². The molecule has 0 spiro atoms. The minimum atomic E-state index is 0.00217. The highest BCUT2D eigenvalue weighted by Crippen LogP contribution is 2.41. The predicted octanol–water partition coefficient (Wildman–Crippen LogP) is 6.06. The van der Waals surface area contributed by atoms with E-state index in [1.165, 1.54) is 12.8 Å². The monoisotopic (exact) mass is 352 g/mol. The Kier molecular flexibility index (Phi) is 8.01. The van der Waals surface area contributed by atoms with Gasteiger partial charge in [-0.1, -0.05) is 47.5 Å². The molecule has 0 saturated carbocycles. The van der Waals surface area contributed by atoms with Gasteiger partial charge in [0.1, 0.15) is 5.76 Å². The maximum Gasteiger partial charge on any atom is 0.125 e. The van der Waals surface area contributed by atoms with Crippen molar-refractivity contribution >= 4 is 0 Å². The highest BCUT2D eigenvalue weighted by Gasteiger charge is 2.48. The van der Waals surface area contributed by atoms with Gasteiger partial charge >= 0.3 is 0 Å². The lowest BCUT2D eigenvalue weighted by Crippen LogP contribution is -2.63. The smallest absolute Gasteiger partial charge is 0.125 e. The number of nitrogens with zero attached hydrogens (tertiary/aromatic N) is 1. The van der Waals surface area contributed by atoms with Crippen LogP contribution in [-0.4, -0.2) is 28.7 Å². The number of unbranched alkanes of at least 4 members (excludes halogenated alkanes) is 2. The molecular formula is C22H44N2O. The lowest BCUT2D eigenvalue weighted by Gasteiger charge is -2.54. The minimum absolute atomic E-state index is 0.00217. The highest BCUT2D eigenvalue weighted by atomic mass is 16.7. The molecule has 0 radical (unpaired) electrons. The Morgan fingerprint density at radius 1 is 1.08 bits per heavy atom.